The second-order valence-corrected chi connectivity index (χ2v) is 7.03. The van der Waals surface area contributed by atoms with Crippen molar-refractivity contribution in [2.45, 2.75) is 12.1 Å². The van der Waals surface area contributed by atoms with Crippen molar-refractivity contribution >= 4 is 17.3 Å². The number of amides is 1. The first kappa shape index (κ1) is 15.4. The largest absolute Gasteiger partial charge is 0.454 e. The number of azo groups is 1. The van der Waals surface area contributed by atoms with Crippen molar-refractivity contribution in [3.8, 4) is 11.5 Å². The Kier molecular flexibility index (Phi) is 2.98. The van der Waals surface area contributed by atoms with Crippen molar-refractivity contribution in [1.82, 2.24) is 0 Å². The third kappa shape index (κ3) is 1.89. The van der Waals surface area contributed by atoms with E-state index in [0.29, 0.717) is 23.7 Å². The molecule has 0 saturated carbocycles. The number of ether oxygens (including phenoxy) is 2. The molecule has 6 nitrogen and oxygen atoms in total. The van der Waals surface area contributed by atoms with Crippen LogP contribution in [0.4, 0.5) is 11.4 Å². The highest BCUT2D eigenvalue weighted by molar-refractivity contribution is 6.11. The lowest BCUT2D eigenvalue weighted by molar-refractivity contribution is -0.121. The lowest BCUT2D eigenvalue weighted by Gasteiger charge is -2.21. The average molecular weight is 369 g/mol. The number of hydrogen-bond donors (Lipinski definition) is 0. The fourth-order valence-electron chi connectivity index (χ4n) is 4.20. The molecule has 6 heteroatoms. The SMILES string of the molecule is O=C1N(Cc2ccccc2)c2ccccc2C12N=Nc1cc3c(cc12)OCO3. The summed E-state index contributed by atoms with van der Waals surface area (Å²) in [7, 11) is 0. The molecule has 0 N–H and O–H groups in total. The Hall–Kier alpha value is -3.67. The molecule has 1 atom stereocenters. The van der Waals surface area contributed by atoms with Crippen LogP contribution in [0.5, 0.6) is 11.5 Å². The van der Waals surface area contributed by atoms with Crippen LogP contribution < -0.4 is 14.4 Å². The standard InChI is InChI=1S/C22H15N3O3/c26-21-22(16-10-19-20(28-13-27-19)11-17(16)23-24-22)15-8-4-5-9-18(15)25(21)12-14-6-2-1-3-7-14/h1-11H,12-13H2. The molecule has 0 radical (unpaired) electrons. The van der Waals surface area contributed by atoms with Gasteiger partial charge in [0, 0.05) is 17.2 Å². The summed E-state index contributed by atoms with van der Waals surface area (Å²) >= 11 is 0. The van der Waals surface area contributed by atoms with E-state index in [0.717, 1.165) is 22.4 Å². The number of benzene rings is 3. The van der Waals surface area contributed by atoms with E-state index < -0.39 is 5.54 Å². The molecule has 136 valence electrons. The topological polar surface area (TPSA) is 63.5 Å². The molecule has 0 aliphatic carbocycles. The smallest absolute Gasteiger partial charge is 0.266 e. The van der Waals surface area contributed by atoms with Crippen LogP contribution in [0, 0.1) is 0 Å². The first-order valence-corrected chi connectivity index (χ1v) is 9.10. The molecule has 0 bridgehead atoms. The van der Waals surface area contributed by atoms with Gasteiger partial charge in [-0.3, -0.25) is 4.79 Å². The first-order valence-electron chi connectivity index (χ1n) is 9.10. The average Bonchev–Trinajstić information content (AvgIpc) is 3.40. The molecule has 3 aromatic carbocycles. The van der Waals surface area contributed by atoms with Crippen molar-refractivity contribution in [3.63, 3.8) is 0 Å². The summed E-state index contributed by atoms with van der Waals surface area (Å²) in [5, 5.41) is 8.86. The highest BCUT2D eigenvalue weighted by Crippen LogP contribution is 2.56. The Morgan fingerprint density at radius 2 is 1.68 bits per heavy atom. The van der Waals surface area contributed by atoms with Gasteiger partial charge in [0.1, 0.15) is 0 Å². The Morgan fingerprint density at radius 3 is 2.54 bits per heavy atom. The van der Waals surface area contributed by atoms with Gasteiger partial charge in [-0.1, -0.05) is 48.5 Å². The highest BCUT2D eigenvalue weighted by atomic mass is 16.7. The summed E-state index contributed by atoms with van der Waals surface area (Å²) < 4.78 is 11.0. The lowest BCUT2D eigenvalue weighted by Crippen LogP contribution is -2.38. The van der Waals surface area contributed by atoms with Gasteiger partial charge in [-0.25, -0.2) is 0 Å². The molecule has 3 aromatic rings. The Bertz CT molecular complexity index is 1160. The van der Waals surface area contributed by atoms with E-state index in [1.807, 2.05) is 60.7 Å². The van der Waals surface area contributed by atoms with Crippen molar-refractivity contribution in [3.05, 3.63) is 83.4 Å². The number of nitrogens with zero attached hydrogens (tertiary/aromatic N) is 3. The van der Waals surface area contributed by atoms with Crippen LogP contribution >= 0.6 is 0 Å². The Morgan fingerprint density at radius 1 is 0.929 bits per heavy atom. The summed E-state index contributed by atoms with van der Waals surface area (Å²) in [4.78, 5) is 15.5. The first-order chi connectivity index (χ1) is 13.8. The van der Waals surface area contributed by atoms with E-state index in [2.05, 4.69) is 10.2 Å². The van der Waals surface area contributed by atoms with E-state index in [1.165, 1.54) is 0 Å². The molecular formula is C22H15N3O3. The number of fused-ring (bicyclic) bond motifs is 5. The van der Waals surface area contributed by atoms with Crippen LogP contribution in [0.15, 0.2) is 77.0 Å². The molecule has 3 aliphatic heterocycles. The van der Waals surface area contributed by atoms with Crippen LogP contribution in [0.1, 0.15) is 16.7 Å². The molecule has 28 heavy (non-hydrogen) atoms. The van der Waals surface area contributed by atoms with Crippen molar-refractivity contribution in [2.24, 2.45) is 10.2 Å². The van der Waals surface area contributed by atoms with Gasteiger partial charge < -0.3 is 14.4 Å². The monoisotopic (exact) mass is 369 g/mol. The molecule has 1 spiro atoms. The molecule has 1 unspecified atom stereocenters. The molecule has 0 saturated heterocycles. The van der Waals surface area contributed by atoms with Crippen LogP contribution in [0.25, 0.3) is 0 Å². The van der Waals surface area contributed by atoms with Gasteiger partial charge in [-0.05, 0) is 17.7 Å². The van der Waals surface area contributed by atoms with E-state index in [4.69, 9.17) is 9.47 Å². The fourth-order valence-corrected chi connectivity index (χ4v) is 4.20. The molecule has 3 aliphatic rings. The molecule has 3 heterocycles. The summed E-state index contributed by atoms with van der Waals surface area (Å²) in [6.07, 6.45) is 0. The summed E-state index contributed by atoms with van der Waals surface area (Å²) in [6.45, 7) is 0.654. The minimum absolute atomic E-state index is 0.0982. The summed E-state index contributed by atoms with van der Waals surface area (Å²) in [6, 6.07) is 21.4. The van der Waals surface area contributed by atoms with Crippen LogP contribution in [0.3, 0.4) is 0 Å². The van der Waals surface area contributed by atoms with Gasteiger partial charge in [0.2, 0.25) is 12.3 Å². The third-order valence-corrected chi connectivity index (χ3v) is 5.51. The lowest BCUT2D eigenvalue weighted by atomic mass is 9.84. The van der Waals surface area contributed by atoms with Gasteiger partial charge >= 0.3 is 0 Å². The number of para-hydroxylation sites is 1. The third-order valence-electron chi connectivity index (χ3n) is 5.51. The minimum Gasteiger partial charge on any atom is -0.454 e. The van der Waals surface area contributed by atoms with Gasteiger partial charge in [-0.15, -0.1) is 0 Å². The maximum absolute atomic E-state index is 13.8. The quantitative estimate of drug-likeness (QED) is 0.676. The zero-order valence-corrected chi connectivity index (χ0v) is 14.8. The molecule has 0 aromatic heterocycles. The van der Waals surface area contributed by atoms with Gasteiger partial charge in [0.15, 0.2) is 11.5 Å². The summed E-state index contributed by atoms with van der Waals surface area (Å²) in [5.41, 5.74) is 2.99. The number of rotatable bonds is 2. The van der Waals surface area contributed by atoms with E-state index in [1.54, 1.807) is 11.0 Å². The summed E-state index contributed by atoms with van der Waals surface area (Å²) in [5.74, 6) is 1.16. The van der Waals surface area contributed by atoms with E-state index in [-0.39, 0.29) is 12.7 Å². The van der Waals surface area contributed by atoms with E-state index in [9.17, 15) is 4.79 Å². The van der Waals surface area contributed by atoms with Gasteiger partial charge in [0.25, 0.3) is 5.91 Å². The minimum atomic E-state index is -1.16. The number of carbonyl (C=O) groups excluding carboxylic acids is 1. The molecular weight excluding hydrogens is 354 g/mol. The van der Waals surface area contributed by atoms with Crippen molar-refractivity contribution in [2.75, 3.05) is 11.7 Å². The van der Waals surface area contributed by atoms with Crippen LogP contribution in [-0.4, -0.2) is 12.7 Å². The number of carbonyl (C=O) groups is 1. The van der Waals surface area contributed by atoms with Crippen LogP contribution in [0.2, 0.25) is 0 Å². The van der Waals surface area contributed by atoms with Gasteiger partial charge in [-0.2, -0.15) is 10.2 Å². The Balaban J connectivity index is 1.53. The van der Waals surface area contributed by atoms with Crippen molar-refractivity contribution < 1.29 is 14.3 Å². The maximum Gasteiger partial charge on any atom is 0.266 e. The molecule has 1 amide bonds. The number of hydrogen-bond acceptors (Lipinski definition) is 5. The van der Waals surface area contributed by atoms with Crippen molar-refractivity contribution in [1.29, 1.82) is 0 Å². The maximum atomic E-state index is 13.8. The molecule has 0 fully saturated rings. The Labute approximate surface area is 161 Å². The predicted molar refractivity (Wildman–Crippen MR) is 102 cm³/mol. The second kappa shape index (κ2) is 5.42. The highest BCUT2D eigenvalue weighted by Gasteiger charge is 2.56. The zero-order chi connectivity index (χ0) is 18.7. The normalized spacial score (nSPS) is 20.7. The second-order valence-electron chi connectivity index (χ2n) is 7.03. The van der Waals surface area contributed by atoms with Crippen LogP contribution in [-0.2, 0) is 16.9 Å². The predicted octanol–water partition coefficient (Wildman–Crippen LogP) is 4.30. The van der Waals surface area contributed by atoms with E-state index >= 15 is 0 Å². The van der Waals surface area contributed by atoms with Gasteiger partial charge in [0.05, 0.1) is 17.9 Å². The fraction of sp³-hybridized carbons (Fsp3) is 0.136. The molecule has 6 rings (SSSR count). The number of anilines is 1. The zero-order valence-electron chi connectivity index (χ0n) is 14.8.